The van der Waals surface area contributed by atoms with Gasteiger partial charge in [-0.2, -0.15) is 0 Å². The Kier molecular flexibility index (Phi) is 4.97. The summed E-state index contributed by atoms with van der Waals surface area (Å²) in [6.07, 6.45) is 0. The predicted octanol–water partition coefficient (Wildman–Crippen LogP) is 5.24. The number of thioether (sulfide) groups is 1. The van der Waals surface area contributed by atoms with E-state index < -0.39 is 0 Å². The van der Waals surface area contributed by atoms with Gasteiger partial charge in [-0.3, -0.25) is 4.79 Å². The van der Waals surface area contributed by atoms with Crippen LogP contribution in [0.4, 0.5) is 0 Å². The number of hydrogen-bond donors (Lipinski definition) is 0. The molecular formula is C15H12Cl2O2S. The Hall–Kier alpha value is -1.16. The molecule has 0 N–H and O–H groups in total. The Morgan fingerprint density at radius 1 is 1.10 bits per heavy atom. The first kappa shape index (κ1) is 15.2. The maximum absolute atomic E-state index is 12.2. The first-order valence-corrected chi connectivity index (χ1v) is 7.40. The molecule has 0 radical (unpaired) electrons. The Morgan fingerprint density at radius 3 is 2.15 bits per heavy atom. The van der Waals surface area contributed by atoms with Gasteiger partial charge in [0, 0.05) is 10.5 Å². The van der Waals surface area contributed by atoms with E-state index in [1.54, 1.807) is 12.1 Å². The van der Waals surface area contributed by atoms with Gasteiger partial charge in [-0.05, 0) is 43.0 Å². The molecule has 5 heteroatoms. The van der Waals surface area contributed by atoms with E-state index in [9.17, 15) is 4.79 Å². The zero-order valence-corrected chi connectivity index (χ0v) is 13.3. The van der Waals surface area contributed by atoms with Crippen LogP contribution in [-0.2, 0) is 0 Å². The number of carbonyl (C=O) groups excluding carboxylic acids is 1. The Balaban J connectivity index is 2.23. The molecule has 0 atom stereocenters. The van der Waals surface area contributed by atoms with Gasteiger partial charge >= 0.3 is 0 Å². The highest BCUT2D eigenvalue weighted by molar-refractivity contribution is 8.14. The van der Waals surface area contributed by atoms with Crippen LogP contribution >= 0.6 is 35.0 Å². The number of carbonyl (C=O) groups is 1. The molecule has 0 saturated carbocycles. The van der Waals surface area contributed by atoms with Gasteiger partial charge in [0.2, 0.25) is 5.12 Å². The molecule has 0 aliphatic rings. The molecule has 2 aromatic carbocycles. The summed E-state index contributed by atoms with van der Waals surface area (Å²) in [5, 5.41) is 0.543. The molecule has 2 nitrogen and oxygen atoms in total. The van der Waals surface area contributed by atoms with Gasteiger partial charge in [0.15, 0.2) is 5.75 Å². The molecule has 0 aliphatic heterocycles. The molecule has 0 amide bonds. The fraction of sp³-hybridized carbons (Fsp3) is 0.133. The standard InChI is InChI=1S/C15H12Cl2O2S/c1-9-3-5-11(6-4-9)20-15(18)10-7-12(16)14(19-2)13(17)8-10/h3-8H,1-2H3. The Morgan fingerprint density at radius 2 is 1.65 bits per heavy atom. The molecule has 0 aromatic heterocycles. The average molecular weight is 327 g/mol. The van der Waals surface area contributed by atoms with Crippen molar-refractivity contribution in [2.24, 2.45) is 0 Å². The summed E-state index contributed by atoms with van der Waals surface area (Å²) < 4.78 is 5.06. The van der Waals surface area contributed by atoms with Gasteiger partial charge in [-0.25, -0.2) is 0 Å². The van der Waals surface area contributed by atoms with E-state index in [0.717, 1.165) is 22.2 Å². The number of halogens is 2. The molecule has 0 aliphatic carbocycles. The van der Waals surface area contributed by atoms with E-state index in [4.69, 9.17) is 27.9 Å². The molecule has 2 rings (SSSR count). The smallest absolute Gasteiger partial charge is 0.224 e. The van der Waals surface area contributed by atoms with Gasteiger partial charge in [-0.1, -0.05) is 40.9 Å². The first-order chi connectivity index (χ1) is 9.51. The van der Waals surface area contributed by atoms with Crippen LogP contribution in [0.25, 0.3) is 0 Å². The van der Waals surface area contributed by atoms with Crippen molar-refractivity contribution >= 4 is 40.1 Å². The Bertz CT molecular complexity index is 616. The van der Waals surface area contributed by atoms with Crippen molar-refractivity contribution in [3.63, 3.8) is 0 Å². The highest BCUT2D eigenvalue weighted by atomic mass is 35.5. The van der Waals surface area contributed by atoms with Gasteiger partial charge in [0.25, 0.3) is 0 Å². The van der Waals surface area contributed by atoms with Crippen molar-refractivity contribution < 1.29 is 9.53 Å². The third-order valence-corrected chi connectivity index (χ3v) is 4.16. The maximum Gasteiger partial charge on any atom is 0.224 e. The number of benzene rings is 2. The van der Waals surface area contributed by atoms with Crippen LogP contribution in [0.15, 0.2) is 41.3 Å². The van der Waals surface area contributed by atoms with Crippen LogP contribution in [0, 0.1) is 6.92 Å². The molecule has 0 bridgehead atoms. The summed E-state index contributed by atoms with van der Waals surface area (Å²) in [5.41, 5.74) is 1.60. The lowest BCUT2D eigenvalue weighted by atomic mass is 10.2. The monoisotopic (exact) mass is 326 g/mol. The Labute approximate surface area is 132 Å². The molecule has 0 saturated heterocycles. The van der Waals surface area contributed by atoms with E-state index in [0.29, 0.717) is 21.4 Å². The minimum Gasteiger partial charge on any atom is -0.494 e. The molecule has 0 fully saturated rings. The van der Waals surface area contributed by atoms with E-state index in [1.165, 1.54) is 7.11 Å². The molecule has 0 unspecified atom stereocenters. The molecule has 0 heterocycles. The van der Waals surface area contributed by atoms with Crippen LogP contribution in [0.2, 0.25) is 10.0 Å². The number of rotatable bonds is 3. The minimum absolute atomic E-state index is 0.111. The second kappa shape index (κ2) is 6.53. The second-order valence-electron chi connectivity index (χ2n) is 4.18. The van der Waals surface area contributed by atoms with Crippen molar-refractivity contribution in [1.82, 2.24) is 0 Å². The summed E-state index contributed by atoms with van der Waals surface area (Å²) in [7, 11) is 1.48. The predicted molar refractivity (Wildman–Crippen MR) is 84.4 cm³/mol. The highest BCUT2D eigenvalue weighted by Crippen LogP contribution is 2.35. The second-order valence-corrected chi connectivity index (χ2v) is 6.04. The van der Waals surface area contributed by atoms with Crippen molar-refractivity contribution in [3.8, 4) is 5.75 Å². The molecule has 0 spiro atoms. The van der Waals surface area contributed by atoms with Crippen LogP contribution in [0.5, 0.6) is 5.75 Å². The third-order valence-electron chi connectivity index (χ3n) is 2.67. The summed E-state index contributed by atoms with van der Waals surface area (Å²) in [6, 6.07) is 10.9. The normalized spacial score (nSPS) is 10.4. The lowest BCUT2D eigenvalue weighted by Crippen LogP contribution is -1.95. The van der Waals surface area contributed by atoms with E-state index in [-0.39, 0.29) is 5.12 Å². The zero-order valence-electron chi connectivity index (χ0n) is 10.9. The topological polar surface area (TPSA) is 26.3 Å². The number of ether oxygens (including phenoxy) is 1. The van der Waals surface area contributed by atoms with E-state index in [1.807, 2.05) is 31.2 Å². The number of methoxy groups -OCH3 is 1. The molecule has 20 heavy (non-hydrogen) atoms. The van der Waals surface area contributed by atoms with Crippen molar-refractivity contribution in [3.05, 3.63) is 57.6 Å². The molecular weight excluding hydrogens is 315 g/mol. The van der Waals surface area contributed by atoms with Crippen molar-refractivity contribution in [1.29, 1.82) is 0 Å². The van der Waals surface area contributed by atoms with E-state index in [2.05, 4.69) is 0 Å². The van der Waals surface area contributed by atoms with Crippen LogP contribution in [0.1, 0.15) is 15.9 Å². The SMILES string of the molecule is COc1c(Cl)cc(C(=O)Sc2ccc(C)cc2)cc1Cl. The number of hydrogen-bond acceptors (Lipinski definition) is 3. The maximum atomic E-state index is 12.2. The summed E-state index contributed by atoms with van der Waals surface area (Å²) >= 11 is 13.2. The van der Waals surface area contributed by atoms with Gasteiger partial charge in [0.05, 0.1) is 17.2 Å². The molecule has 2 aromatic rings. The minimum atomic E-state index is -0.111. The first-order valence-electron chi connectivity index (χ1n) is 5.83. The zero-order chi connectivity index (χ0) is 14.7. The average Bonchev–Trinajstić information content (AvgIpc) is 2.41. The third kappa shape index (κ3) is 3.48. The number of aryl methyl sites for hydroxylation is 1. The van der Waals surface area contributed by atoms with Crippen molar-refractivity contribution in [2.45, 2.75) is 11.8 Å². The summed E-state index contributed by atoms with van der Waals surface area (Å²) in [6.45, 7) is 2.00. The van der Waals surface area contributed by atoms with Crippen LogP contribution in [0.3, 0.4) is 0 Å². The van der Waals surface area contributed by atoms with Gasteiger partial charge < -0.3 is 4.74 Å². The lowest BCUT2D eigenvalue weighted by Gasteiger charge is -2.08. The summed E-state index contributed by atoms with van der Waals surface area (Å²) in [4.78, 5) is 13.1. The van der Waals surface area contributed by atoms with E-state index >= 15 is 0 Å². The van der Waals surface area contributed by atoms with Crippen LogP contribution < -0.4 is 4.74 Å². The van der Waals surface area contributed by atoms with Crippen molar-refractivity contribution in [2.75, 3.05) is 7.11 Å². The van der Waals surface area contributed by atoms with Gasteiger partial charge in [0.1, 0.15) is 0 Å². The fourth-order valence-corrected chi connectivity index (χ4v) is 3.01. The molecule has 104 valence electrons. The highest BCUT2D eigenvalue weighted by Gasteiger charge is 2.14. The van der Waals surface area contributed by atoms with Gasteiger partial charge in [-0.15, -0.1) is 0 Å². The largest absolute Gasteiger partial charge is 0.494 e. The fourth-order valence-electron chi connectivity index (χ4n) is 1.65. The quantitative estimate of drug-likeness (QED) is 0.721. The van der Waals surface area contributed by atoms with Crippen LogP contribution in [-0.4, -0.2) is 12.2 Å². The lowest BCUT2D eigenvalue weighted by molar-refractivity contribution is 0.108. The summed E-state index contributed by atoms with van der Waals surface area (Å²) in [5.74, 6) is 0.380.